The van der Waals surface area contributed by atoms with Gasteiger partial charge in [0.05, 0.1) is 24.1 Å². The summed E-state index contributed by atoms with van der Waals surface area (Å²) in [6.07, 6.45) is 0.124. The number of hydrogen-bond donors (Lipinski definition) is 2. The van der Waals surface area contributed by atoms with E-state index < -0.39 is 6.10 Å². The van der Waals surface area contributed by atoms with E-state index in [1.807, 2.05) is 6.92 Å². The molecule has 0 aliphatic carbocycles. The van der Waals surface area contributed by atoms with Crippen molar-refractivity contribution in [2.45, 2.75) is 26.1 Å². The quantitative estimate of drug-likeness (QED) is 0.706. The lowest BCUT2D eigenvalue weighted by molar-refractivity contribution is 0.168. The first-order valence-corrected chi connectivity index (χ1v) is 4.02. The van der Waals surface area contributed by atoms with Crippen LogP contribution in [0.3, 0.4) is 0 Å². The van der Waals surface area contributed by atoms with Crippen LogP contribution in [0.15, 0.2) is 18.2 Å². The minimum atomic E-state index is -0.517. The molecule has 0 radical (unpaired) electrons. The molecule has 1 aromatic rings. The van der Waals surface area contributed by atoms with Crippen LogP contribution in [0.2, 0.25) is 0 Å². The van der Waals surface area contributed by atoms with E-state index in [-0.39, 0.29) is 6.61 Å². The van der Waals surface area contributed by atoms with Gasteiger partial charge in [-0.05, 0) is 18.6 Å². The number of aliphatic hydroxyl groups is 2. The van der Waals surface area contributed by atoms with Crippen molar-refractivity contribution in [1.82, 2.24) is 4.98 Å². The molecular formula is C9H13NO2. The highest BCUT2D eigenvalue weighted by Gasteiger charge is 2.05. The summed E-state index contributed by atoms with van der Waals surface area (Å²) in [7, 11) is 0. The van der Waals surface area contributed by atoms with E-state index in [0.29, 0.717) is 17.8 Å². The highest BCUT2D eigenvalue weighted by atomic mass is 16.3. The van der Waals surface area contributed by atoms with Crippen LogP contribution in [0.4, 0.5) is 0 Å². The molecule has 1 rings (SSSR count). The number of rotatable bonds is 3. The zero-order chi connectivity index (χ0) is 8.97. The molecule has 0 aliphatic heterocycles. The molecule has 3 nitrogen and oxygen atoms in total. The van der Waals surface area contributed by atoms with Gasteiger partial charge in [0.2, 0.25) is 0 Å². The van der Waals surface area contributed by atoms with E-state index in [1.54, 1.807) is 18.2 Å². The third kappa shape index (κ3) is 2.03. The summed E-state index contributed by atoms with van der Waals surface area (Å²) in [6.45, 7) is 1.81. The van der Waals surface area contributed by atoms with Crippen molar-refractivity contribution in [2.24, 2.45) is 0 Å². The first-order valence-electron chi connectivity index (χ1n) is 4.02. The van der Waals surface area contributed by atoms with Crippen molar-refractivity contribution in [3.05, 3.63) is 29.6 Å². The van der Waals surface area contributed by atoms with Crippen molar-refractivity contribution >= 4 is 0 Å². The van der Waals surface area contributed by atoms with Crippen LogP contribution in [0.1, 0.15) is 30.8 Å². The SMILES string of the molecule is CCC(O)c1cccc(CO)n1. The summed E-state index contributed by atoms with van der Waals surface area (Å²) < 4.78 is 0. The van der Waals surface area contributed by atoms with Gasteiger partial charge >= 0.3 is 0 Å². The fraction of sp³-hybridized carbons (Fsp3) is 0.444. The van der Waals surface area contributed by atoms with Crippen molar-refractivity contribution in [3.63, 3.8) is 0 Å². The van der Waals surface area contributed by atoms with Gasteiger partial charge in [-0.3, -0.25) is 4.98 Å². The van der Waals surface area contributed by atoms with Crippen LogP contribution in [0, 0.1) is 0 Å². The summed E-state index contributed by atoms with van der Waals surface area (Å²) in [5.41, 5.74) is 1.23. The largest absolute Gasteiger partial charge is 0.390 e. The molecule has 0 saturated carbocycles. The molecular weight excluding hydrogens is 154 g/mol. The zero-order valence-electron chi connectivity index (χ0n) is 7.07. The van der Waals surface area contributed by atoms with Gasteiger partial charge in [-0.2, -0.15) is 0 Å². The normalized spacial score (nSPS) is 12.9. The average molecular weight is 167 g/mol. The molecule has 0 aliphatic rings. The van der Waals surface area contributed by atoms with Gasteiger partial charge in [-0.15, -0.1) is 0 Å². The number of nitrogens with zero attached hydrogens (tertiary/aromatic N) is 1. The molecule has 2 N–H and O–H groups in total. The highest BCUT2D eigenvalue weighted by Crippen LogP contribution is 2.13. The standard InChI is InChI=1S/C9H13NO2/c1-2-9(12)8-5-3-4-7(6-11)10-8/h3-5,9,11-12H,2,6H2,1H3. The van der Waals surface area contributed by atoms with Gasteiger partial charge in [-0.1, -0.05) is 13.0 Å². The van der Waals surface area contributed by atoms with E-state index in [0.717, 1.165) is 0 Å². The highest BCUT2D eigenvalue weighted by molar-refractivity contribution is 5.12. The Balaban J connectivity index is 2.86. The molecule has 0 amide bonds. The summed E-state index contributed by atoms with van der Waals surface area (Å²) in [5.74, 6) is 0. The van der Waals surface area contributed by atoms with Crippen LogP contribution < -0.4 is 0 Å². The Kier molecular flexibility index (Phi) is 3.19. The summed E-state index contributed by atoms with van der Waals surface area (Å²) in [6, 6.07) is 5.27. The second-order valence-electron chi connectivity index (χ2n) is 2.64. The van der Waals surface area contributed by atoms with E-state index in [9.17, 15) is 5.11 Å². The van der Waals surface area contributed by atoms with E-state index in [4.69, 9.17) is 5.11 Å². The van der Waals surface area contributed by atoms with Crippen molar-refractivity contribution in [2.75, 3.05) is 0 Å². The molecule has 0 aromatic carbocycles. The zero-order valence-corrected chi connectivity index (χ0v) is 7.07. The second-order valence-corrected chi connectivity index (χ2v) is 2.64. The molecule has 0 spiro atoms. The molecule has 3 heteroatoms. The smallest absolute Gasteiger partial charge is 0.0957 e. The van der Waals surface area contributed by atoms with Crippen LogP contribution in [0.5, 0.6) is 0 Å². The molecule has 1 aromatic heterocycles. The molecule has 0 saturated heterocycles. The Morgan fingerprint density at radius 1 is 1.50 bits per heavy atom. The Labute approximate surface area is 71.7 Å². The number of aliphatic hydroxyl groups excluding tert-OH is 2. The molecule has 1 unspecified atom stereocenters. The minimum absolute atomic E-state index is 0.0791. The lowest BCUT2D eigenvalue weighted by Crippen LogP contribution is -2.00. The maximum atomic E-state index is 9.41. The molecule has 66 valence electrons. The Bertz CT molecular complexity index is 250. The fourth-order valence-corrected chi connectivity index (χ4v) is 0.981. The van der Waals surface area contributed by atoms with Gasteiger partial charge in [-0.25, -0.2) is 0 Å². The molecule has 0 fully saturated rings. The summed E-state index contributed by atoms with van der Waals surface area (Å²) in [4.78, 5) is 4.06. The van der Waals surface area contributed by atoms with Crippen molar-refractivity contribution in [3.8, 4) is 0 Å². The molecule has 0 bridgehead atoms. The molecule has 12 heavy (non-hydrogen) atoms. The topological polar surface area (TPSA) is 53.4 Å². The second kappa shape index (κ2) is 4.18. The minimum Gasteiger partial charge on any atom is -0.390 e. The van der Waals surface area contributed by atoms with E-state index in [1.165, 1.54) is 0 Å². The van der Waals surface area contributed by atoms with Crippen LogP contribution in [-0.2, 0) is 6.61 Å². The van der Waals surface area contributed by atoms with Crippen LogP contribution >= 0.6 is 0 Å². The lowest BCUT2D eigenvalue weighted by atomic mass is 10.2. The first-order chi connectivity index (χ1) is 5.77. The van der Waals surface area contributed by atoms with Gasteiger partial charge in [0.1, 0.15) is 0 Å². The Hall–Kier alpha value is -0.930. The molecule has 1 atom stereocenters. The van der Waals surface area contributed by atoms with Gasteiger partial charge in [0, 0.05) is 0 Å². The van der Waals surface area contributed by atoms with Gasteiger partial charge in [0.15, 0.2) is 0 Å². The monoisotopic (exact) mass is 167 g/mol. The summed E-state index contributed by atoms with van der Waals surface area (Å²) >= 11 is 0. The predicted molar refractivity (Wildman–Crippen MR) is 45.4 cm³/mol. The lowest BCUT2D eigenvalue weighted by Gasteiger charge is -2.07. The Morgan fingerprint density at radius 3 is 2.83 bits per heavy atom. The van der Waals surface area contributed by atoms with Gasteiger partial charge < -0.3 is 10.2 Å². The number of pyridine rings is 1. The van der Waals surface area contributed by atoms with Crippen molar-refractivity contribution < 1.29 is 10.2 Å². The van der Waals surface area contributed by atoms with E-state index >= 15 is 0 Å². The first kappa shape index (κ1) is 9.16. The maximum Gasteiger partial charge on any atom is 0.0957 e. The fourth-order valence-electron chi connectivity index (χ4n) is 0.981. The van der Waals surface area contributed by atoms with Crippen LogP contribution in [-0.4, -0.2) is 15.2 Å². The summed E-state index contributed by atoms with van der Waals surface area (Å²) in [5, 5.41) is 18.2. The average Bonchev–Trinajstić information content (AvgIpc) is 2.17. The van der Waals surface area contributed by atoms with Crippen molar-refractivity contribution in [1.29, 1.82) is 0 Å². The number of hydrogen-bond acceptors (Lipinski definition) is 3. The Morgan fingerprint density at radius 2 is 2.25 bits per heavy atom. The number of aromatic nitrogens is 1. The molecule has 1 heterocycles. The maximum absolute atomic E-state index is 9.41. The van der Waals surface area contributed by atoms with Gasteiger partial charge in [0.25, 0.3) is 0 Å². The third-order valence-electron chi connectivity index (χ3n) is 1.72. The van der Waals surface area contributed by atoms with Crippen LogP contribution in [0.25, 0.3) is 0 Å². The third-order valence-corrected chi connectivity index (χ3v) is 1.72. The van der Waals surface area contributed by atoms with E-state index in [2.05, 4.69) is 4.98 Å². The predicted octanol–water partition coefficient (Wildman–Crippen LogP) is 1.02.